The SMILES string of the molecule is CCC(C(=O)OC(=O)C(CC)C(=O)C(C)C)C(=O)c1ccccc1C. The smallest absolute Gasteiger partial charge is 0.324 e. The summed E-state index contributed by atoms with van der Waals surface area (Å²) in [6.07, 6.45) is 0.472. The van der Waals surface area contributed by atoms with Crippen LogP contribution in [0.3, 0.4) is 0 Å². The highest BCUT2D eigenvalue weighted by molar-refractivity contribution is 6.12. The minimum Gasteiger partial charge on any atom is -0.392 e. The number of hydrogen-bond acceptors (Lipinski definition) is 5. The van der Waals surface area contributed by atoms with Crippen LogP contribution in [0.2, 0.25) is 0 Å². The van der Waals surface area contributed by atoms with Crippen molar-refractivity contribution in [1.29, 1.82) is 0 Å². The molecular formula is C20H26O5. The standard InChI is InChI=1S/C20H26O5/c1-6-14(17(21)12(3)4)19(23)25-20(24)15(7-2)18(22)16-11-9-8-10-13(16)5/h8-12,14-15H,6-7H2,1-5H3. The van der Waals surface area contributed by atoms with Crippen LogP contribution in [-0.4, -0.2) is 23.5 Å². The number of esters is 2. The van der Waals surface area contributed by atoms with Gasteiger partial charge < -0.3 is 4.74 Å². The number of ketones is 2. The Labute approximate surface area is 148 Å². The topological polar surface area (TPSA) is 77.5 Å². The van der Waals surface area contributed by atoms with E-state index in [0.717, 1.165) is 5.56 Å². The van der Waals surface area contributed by atoms with Crippen LogP contribution in [0.15, 0.2) is 24.3 Å². The quantitative estimate of drug-likeness (QED) is 0.409. The summed E-state index contributed by atoms with van der Waals surface area (Å²) >= 11 is 0. The summed E-state index contributed by atoms with van der Waals surface area (Å²) in [6, 6.07) is 6.95. The highest BCUT2D eigenvalue weighted by Gasteiger charge is 2.34. The van der Waals surface area contributed by atoms with Crippen molar-refractivity contribution >= 4 is 23.5 Å². The van der Waals surface area contributed by atoms with E-state index in [1.807, 2.05) is 0 Å². The lowest BCUT2D eigenvalue weighted by Crippen LogP contribution is -2.34. The van der Waals surface area contributed by atoms with Crippen LogP contribution in [0, 0.1) is 24.7 Å². The van der Waals surface area contributed by atoms with Crippen molar-refractivity contribution in [2.45, 2.75) is 47.5 Å². The van der Waals surface area contributed by atoms with Crippen molar-refractivity contribution in [1.82, 2.24) is 0 Å². The summed E-state index contributed by atoms with van der Waals surface area (Å²) in [5.41, 5.74) is 1.19. The van der Waals surface area contributed by atoms with Gasteiger partial charge in [0.25, 0.3) is 0 Å². The maximum absolute atomic E-state index is 12.6. The number of benzene rings is 1. The third-order valence-corrected chi connectivity index (χ3v) is 4.23. The first-order valence-electron chi connectivity index (χ1n) is 8.63. The van der Waals surface area contributed by atoms with Gasteiger partial charge in [0.15, 0.2) is 5.78 Å². The Bertz CT molecular complexity index is 660. The van der Waals surface area contributed by atoms with Gasteiger partial charge in [0.05, 0.1) is 0 Å². The number of rotatable bonds is 8. The first-order valence-corrected chi connectivity index (χ1v) is 8.63. The molecule has 0 heterocycles. The molecule has 0 radical (unpaired) electrons. The molecule has 0 aliphatic heterocycles. The van der Waals surface area contributed by atoms with Crippen LogP contribution in [0.1, 0.15) is 56.5 Å². The minimum atomic E-state index is -1.06. The molecule has 5 heteroatoms. The summed E-state index contributed by atoms with van der Waals surface area (Å²) in [5, 5.41) is 0. The highest BCUT2D eigenvalue weighted by atomic mass is 16.6. The van der Waals surface area contributed by atoms with Gasteiger partial charge in [0.1, 0.15) is 17.6 Å². The Morgan fingerprint density at radius 2 is 1.44 bits per heavy atom. The molecule has 5 nitrogen and oxygen atoms in total. The predicted molar refractivity (Wildman–Crippen MR) is 94.0 cm³/mol. The van der Waals surface area contributed by atoms with Gasteiger partial charge in [-0.05, 0) is 25.3 Å². The van der Waals surface area contributed by atoms with Gasteiger partial charge in [-0.25, -0.2) is 0 Å². The maximum Gasteiger partial charge on any atom is 0.324 e. The zero-order valence-corrected chi connectivity index (χ0v) is 15.5. The predicted octanol–water partition coefficient (Wildman–Crippen LogP) is 3.53. The molecule has 0 N–H and O–H groups in total. The fourth-order valence-corrected chi connectivity index (χ4v) is 2.62. The Hall–Kier alpha value is -2.30. The van der Waals surface area contributed by atoms with E-state index < -0.39 is 23.8 Å². The lowest BCUT2D eigenvalue weighted by Gasteiger charge is -2.17. The van der Waals surface area contributed by atoms with Crippen molar-refractivity contribution in [3.63, 3.8) is 0 Å². The van der Waals surface area contributed by atoms with Gasteiger partial charge in [-0.3, -0.25) is 19.2 Å². The second kappa shape index (κ2) is 9.25. The Morgan fingerprint density at radius 1 is 0.920 bits per heavy atom. The second-order valence-corrected chi connectivity index (χ2v) is 6.40. The minimum absolute atomic E-state index is 0.216. The Morgan fingerprint density at radius 3 is 1.92 bits per heavy atom. The molecule has 0 bridgehead atoms. The Balaban J connectivity index is 2.92. The molecule has 1 rings (SSSR count). The Kier molecular flexibility index (Phi) is 7.68. The summed E-state index contributed by atoms with van der Waals surface area (Å²) in [7, 11) is 0. The van der Waals surface area contributed by atoms with Crippen LogP contribution < -0.4 is 0 Å². The van der Waals surface area contributed by atoms with Gasteiger partial charge >= 0.3 is 11.9 Å². The fraction of sp³-hybridized carbons (Fsp3) is 0.500. The molecule has 0 aliphatic carbocycles. The summed E-state index contributed by atoms with van der Waals surface area (Å²) < 4.78 is 4.89. The van der Waals surface area contributed by atoms with Crippen LogP contribution in [0.25, 0.3) is 0 Å². The zero-order chi connectivity index (χ0) is 19.1. The van der Waals surface area contributed by atoms with Crippen molar-refractivity contribution in [2.24, 2.45) is 17.8 Å². The molecule has 136 valence electrons. The lowest BCUT2D eigenvalue weighted by atomic mass is 9.92. The molecular weight excluding hydrogens is 320 g/mol. The fourth-order valence-electron chi connectivity index (χ4n) is 2.62. The number of carbonyl (C=O) groups excluding carboxylic acids is 4. The molecule has 1 aromatic carbocycles. The normalized spacial score (nSPS) is 13.2. The molecule has 0 amide bonds. The molecule has 0 saturated heterocycles. The van der Waals surface area contributed by atoms with E-state index >= 15 is 0 Å². The van der Waals surface area contributed by atoms with Crippen molar-refractivity contribution < 1.29 is 23.9 Å². The first kappa shape index (κ1) is 20.7. The highest BCUT2D eigenvalue weighted by Crippen LogP contribution is 2.19. The van der Waals surface area contributed by atoms with Crippen LogP contribution in [0.4, 0.5) is 0 Å². The van der Waals surface area contributed by atoms with Crippen LogP contribution in [-0.2, 0) is 19.1 Å². The van der Waals surface area contributed by atoms with E-state index in [0.29, 0.717) is 5.56 Å². The molecule has 2 atom stereocenters. The third kappa shape index (κ3) is 5.08. The molecule has 0 fully saturated rings. The van der Waals surface area contributed by atoms with E-state index in [4.69, 9.17) is 4.74 Å². The number of Topliss-reactive ketones (excluding diaryl/α,β-unsaturated/α-hetero) is 2. The second-order valence-electron chi connectivity index (χ2n) is 6.40. The van der Waals surface area contributed by atoms with Crippen molar-refractivity contribution in [3.05, 3.63) is 35.4 Å². The van der Waals surface area contributed by atoms with Gasteiger partial charge in [0.2, 0.25) is 0 Å². The molecule has 0 aromatic heterocycles. The number of hydrogen-bond donors (Lipinski definition) is 0. The monoisotopic (exact) mass is 346 g/mol. The van der Waals surface area contributed by atoms with E-state index in [2.05, 4.69) is 0 Å². The first-order chi connectivity index (χ1) is 11.7. The molecule has 0 aliphatic rings. The van der Waals surface area contributed by atoms with Crippen LogP contribution >= 0.6 is 0 Å². The third-order valence-electron chi connectivity index (χ3n) is 4.23. The average Bonchev–Trinajstić information content (AvgIpc) is 2.56. The molecule has 0 saturated carbocycles. The number of aryl methyl sites for hydroxylation is 1. The van der Waals surface area contributed by atoms with Crippen molar-refractivity contribution in [3.8, 4) is 0 Å². The summed E-state index contributed by atoms with van der Waals surface area (Å²) in [4.78, 5) is 49.2. The molecule has 0 spiro atoms. The maximum atomic E-state index is 12.6. The molecule has 25 heavy (non-hydrogen) atoms. The van der Waals surface area contributed by atoms with Gasteiger partial charge in [-0.1, -0.05) is 52.0 Å². The van der Waals surface area contributed by atoms with Crippen LogP contribution in [0.5, 0.6) is 0 Å². The summed E-state index contributed by atoms with van der Waals surface area (Å²) in [6.45, 7) is 8.54. The largest absolute Gasteiger partial charge is 0.392 e. The number of carbonyl (C=O) groups is 4. The van der Waals surface area contributed by atoms with E-state index in [1.54, 1.807) is 58.9 Å². The molecule has 2 unspecified atom stereocenters. The van der Waals surface area contributed by atoms with E-state index in [-0.39, 0.29) is 30.3 Å². The zero-order valence-electron chi connectivity index (χ0n) is 15.5. The number of ether oxygens (including phenoxy) is 1. The van der Waals surface area contributed by atoms with Crippen molar-refractivity contribution in [2.75, 3.05) is 0 Å². The lowest BCUT2D eigenvalue weighted by molar-refractivity contribution is -0.165. The van der Waals surface area contributed by atoms with E-state index in [1.165, 1.54) is 0 Å². The van der Waals surface area contributed by atoms with Gasteiger partial charge in [0, 0.05) is 11.5 Å². The summed E-state index contributed by atoms with van der Waals surface area (Å²) in [5.74, 6) is -4.77. The molecule has 1 aromatic rings. The van der Waals surface area contributed by atoms with Gasteiger partial charge in [-0.15, -0.1) is 0 Å². The van der Waals surface area contributed by atoms with E-state index in [9.17, 15) is 19.2 Å². The van der Waals surface area contributed by atoms with Gasteiger partial charge in [-0.2, -0.15) is 0 Å². The average molecular weight is 346 g/mol.